The quantitative estimate of drug-likeness (QED) is 0.416. The van der Waals surface area contributed by atoms with Gasteiger partial charge in [-0.3, -0.25) is 9.69 Å². The normalized spacial score (nSPS) is 20.9. The molecule has 4 rings (SSSR count). The molecule has 2 unspecified atom stereocenters. The van der Waals surface area contributed by atoms with Gasteiger partial charge in [-0.25, -0.2) is 0 Å². The van der Waals surface area contributed by atoms with Gasteiger partial charge in [-0.05, 0) is 56.0 Å². The van der Waals surface area contributed by atoms with Gasteiger partial charge in [0.2, 0.25) is 0 Å². The van der Waals surface area contributed by atoms with Crippen molar-refractivity contribution in [2.24, 2.45) is 0 Å². The maximum Gasteiger partial charge on any atom is 0.176 e. The molecule has 1 aliphatic heterocycles. The number of Topliss-reactive ketones (excluding diaryl/α,β-unsaturated/α-hetero) is 1. The first kappa shape index (κ1) is 24.0. The van der Waals surface area contributed by atoms with Crippen molar-refractivity contribution >= 4 is 18.2 Å². The lowest BCUT2D eigenvalue weighted by molar-refractivity contribution is 0.0634. The molecule has 3 nitrogen and oxygen atoms in total. The van der Waals surface area contributed by atoms with Crippen LogP contribution in [0, 0.1) is 0 Å². The SMILES string of the molecule is COc1cccc(C2(Cc3ccccc3)CCCN(CC(=O)c3ccccc3)C2C)c1.Cl. The van der Waals surface area contributed by atoms with Crippen molar-refractivity contribution in [2.75, 3.05) is 20.2 Å². The number of nitrogens with zero attached hydrogens (tertiary/aromatic N) is 1. The van der Waals surface area contributed by atoms with E-state index in [2.05, 4.69) is 60.4 Å². The number of benzene rings is 3. The van der Waals surface area contributed by atoms with Crippen molar-refractivity contribution in [2.45, 2.75) is 37.6 Å². The molecular formula is C28H32ClNO2. The highest BCUT2D eigenvalue weighted by molar-refractivity contribution is 5.97. The highest BCUT2D eigenvalue weighted by Crippen LogP contribution is 2.43. The summed E-state index contributed by atoms with van der Waals surface area (Å²) in [6.07, 6.45) is 3.10. The third kappa shape index (κ3) is 5.06. The molecule has 1 heterocycles. The summed E-state index contributed by atoms with van der Waals surface area (Å²) in [5.74, 6) is 1.07. The Labute approximate surface area is 197 Å². The molecule has 0 N–H and O–H groups in total. The topological polar surface area (TPSA) is 29.5 Å². The van der Waals surface area contributed by atoms with E-state index in [-0.39, 0.29) is 29.6 Å². The standard InChI is InChI=1S/C28H31NO2.ClH/c1-22-28(20-23-11-5-3-6-12-23,25-15-9-16-26(19-25)31-2)17-10-18-29(22)21-27(30)24-13-7-4-8-14-24;/h3-9,11-16,19,22H,10,17-18,20-21H2,1-2H3;1H. The van der Waals surface area contributed by atoms with Gasteiger partial charge in [0.05, 0.1) is 13.7 Å². The van der Waals surface area contributed by atoms with E-state index in [4.69, 9.17) is 4.74 Å². The van der Waals surface area contributed by atoms with E-state index in [1.807, 2.05) is 36.4 Å². The first-order chi connectivity index (χ1) is 15.1. The Morgan fingerprint density at radius 3 is 2.38 bits per heavy atom. The largest absolute Gasteiger partial charge is 0.497 e. The first-order valence-electron chi connectivity index (χ1n) is 11.1. The van der Waals surface area contributed by atoms with Gasteiger partial charge in [0.25, 0.3) is 0 Å². The molecule has 0 amide bonds. The number of hydrogen-bond acceptors (Lipinski definition) is 3. The smallest absolute Gasteiger partial charge is 0.176 e. The zero-order valence-corrected chi connectivity index (χ0v) is 19.7. The Morgan fingerprint density at radius 1 is 1.00 bits per heavy atom. The van der Waals surface area contributed by atoms with E-state index >= 15 is 0 Å². The van der Waals surface area contributed by atoms with Gasteiger partial charge in [-0.1, -0.05) is 72.8 Å². The predicted octanol–water partition coefficient (Wildman–Crippen LogP) is 5.96. The maximum atomic E-state index is 13.0. The lowest BCUT2D eigenvalue weighted by Gasteiger charge is -2.49. The van der Waals surface area contributed by atoms with Gasteiger partial charge in [0.15, 0.2) is 5.78 Å². The highest BCUT2D eigenvalue weighted by atomic mass is 35.5. The van der Waals surface area contributed by atoms with Crippen molar-refractivity contribution in [3.63, 3.8) is 0 Å². The number of rotatable bonds is 7. The minimum atomic E-state index is -0.0783. The second-order valence-electron chi connectivity index (χ2n) is 8.59. The van der Waals surface area contributed by atoms with E-state index < -0.39 is 0 Å². The van der Waals surface area contributed by atoms with Gasteiger partial charge < -0.3 is 4.74 Å². The average Bonchev–Trinajstić information content (AvgIpc) is 2.83. The Bertz CT molecular complexity index is 1010. The van der Waals surface area contributed by atoms with Crippen LogP contribution in [0.5, 0.6) is 5.75 Å². The molecule has 2 atom stereocenters. The Morgan fingerprint density at radius 2 is 1.69 bits per heavy atom. The number of ether oxygens (including phenoxy) is 1. The number of halogens is 1. The Kier molecular flexibility index (Phi) is 8.11. The predicted molar refractivity (Wildman–Crippen MR) is 133 cm³/mol. The summed E-state index contributed by atoms with van der Waals surface area (Å²) >= 11 is 0. The number of likely N-dealkylation sites (tertiary alicyclic amines) is 1. The third-order valence-electron chi connectivity index (χ3n) is 6.87. The maximum absolute atomic E-state index is 13.0. The van der Waals surface area contributed by atoms with Gasteiger partial charge in [0.1, 0.15) is 5.75 Å². The number of hydrogen-bond donors (Lipinski definition) is 0. The Hall–Kier alpha value is -2.62. The van der Waals surface area contributed by atoms with Crippen LogP contribution in [0.4, 0.5) is 0 Å². The van der Waals surface area contributed by atoms with Crippen LogP contribution in [-0.2, 0) is 11.8 Å². The van der Waals surface area contributed by atoms with Crippen molar-refractivity contribution in [3.8, 4) is 5.75 Å². The number of methoxy groups -OCH3 is 1. The molecule has 3 aromatic rings. The molecule has 168 valence electrons. The number of carbonyl (C=O) groups excluding carboxylic acids is 1. The second-order valence-corrected chi connectivity index (χ2v) is 8.59. The van der Waals surface area contributed by atoms with Crippen molar-refractivity contribution in [1.29, 1.82) is 0 Å². The van der Waals surface area contributed by atoms with Crippen LogP contribution in [0.1, 0.15) is 41.3 Å². The fraction of sp³-hybridized carbons (Fsp3) is 0.321. The molecule has 3 aromatic carbocycles. The zero-order valence-electron chi connectivity index (χ0n) is 18.9. The minimum Gasteiger partial charge on any atom is -0.497 e. The summed E-state index contributed by atoms with van der Waals surface area (Å²) in [5, 5.41) is 0. The summed E-state index contributed by atoms with van der Waals surface area (Å²) < 4.78 is 5.56. The van der Waals surface area contributed by atoms with Gasteiger partial charge in [0, 0.05) is 17.0 Å². The number of carbonyl (C=O) groups is 1. The first-order valence-corrected chi connectivity index (χ1v) is 11.1. The molecule has 0 radical (unpaired) electrons. The lowest BCUT2D eigenvalue weighted by atomic mass is 9.65. The molecule has 1 fully saturated rings. The van der Waals surface area contributed by atoms with Crippen LogP contribution in [0.25, 0.3) is 0 Å². The van der Waals surface area contributed by atoms with Gasteiger partial charge in [-0.15, -0.1) is 12.4 Å². The second kappa shape index (κ2) is 10.8. The number of piperidine rings is 1. The van der Waals surface area contributed by atoms with E-state index in [1.54, 1.807) is 7.11 Å². The molecule has 0 aromatic heterocycles. The summed E-state index contributed by atoms with van der Waals surface area (Å²) in [4.78, 5) is 15.4. The van der Waals surface area contributed by atoms with E-state index in [9.17, 15) is 4.79 Å². The zero-order chi connectivity index (χ0) is 21.7. The molecule has 0 aliphatic carbocycles. The molecule has 0 saturated carbocycles. The number of ketones is 1. The van der Waals surface area contributed by atoms with Crippen molar-refractivity contribution in [3.05, 3.63) is 102 Å². The summed E-state index contributed by atoms with van der Waals surface area (Å²) in [7, 11) is 1.72. The molecule has 0 bridgehead atoms. The van der Waals surface area contributed by atoms with Crippen LogP contribution in [0.15, 0.2) is 84.9 Å². The highest BCUT2D eigenvalue weighted by Gasteiger charge is 2.44. The fourth-order valence-electron chi connectivity index (χ4n) is 5.08. The Balaban J connectivity index is 0.00000289. The monoisotopic (exact) mass is 449 g/mol. The van der Waals surface area contributed by atoms with Crippen molar-refractivity contribution in [1.82, 2.24) is 4.90 Å². The van der Waals surface area contributed by atoms with Crippen LogP contribution < -0.4 is 4.74 Å². The molecule has 4 heteroatoms. The minimum absolute atomic E-state index is 0. The molecule has 1 saturated heterocycles. The molecule has 32 heavy (non-hydrogen) atoms. The van der Waals surface area contributed by atoms with E-state index in [0.717, 1.165) is 37.1 Å². The molecule has 0 spiro atoms. The molecule has 1 aliphatic rings. The van der Waals surface area contributed by atoms with Crippen LogP contribution in [0.2, 0.25) is 0 Å². The summed E-state index contributed by atoms with van der Waals surface area (Å²) in [6, 6.07) is 29.1. The van der Waals surface area contributed by atoms with E-state index in [1.165, 1.54) is 11.1 Å². The van der Waals surface area contributed by atoms with Crippen LogP contribution in [0.3, 0.4) is 0 Å². The summed E-state index contributed by atoms with van der Waals surface area (Å²) in [6.45, 7) is 3.69. The van der Waals surface area contributed by atoms with Gasteiger partial charge in [-0.2, -0.15) is 0 Å². The van der Waals surface area contributed by atoms with Crippen LogP contribution in [-0.4, -0.2) is 36.9 Å². The molecular weight excluding hydrogens is 418 g/mol. The fourth-order valence-corrected chi connectivity index (χ4v) is 5.08. The van der Waals surface area contributed by atoms with E-state index in [0.29, 0.717) is 6.54 Å². The van der Waals surface area contributed by atoms with Crippen LogP contribution >= 0.6 is 12.4 Å². The van der Waals surface area contributed by atoms with Crippen molar-refractivity contribution < 1.29 is 9.53 Å². The van der Waals surface area contributed by atoms with Gasteiger partial charge >= 0.3 is 0 Å². The summed E-state index contributed by atoms with van der Waals surface area (Å²) in [5.41, 5.74) is 3.33. The third-order valence-corrected chi connectivity index (χ3v) is 6.87. The lowest BCUT2D eigenvalue weighted by Crippen LogP contribution is -2.55. The average molecular weight is 450 g/mol.